The van der Waals surface area contributed by atoms with Crippen molar-refractivity contribution in [2.24, 2.45) is 0 Å². The molecular weight excluding hydrogens is 328 g/mol. The van der Waals surface area contributed by atoms with Gasteiger partial charge in [0.1, 0.15) is 11.5 Å². The molecule has 108 valence electrons. The molecule has 0 aliphatic rings. The molecule has 0 heterocycles. The van der Waals surface area contributed by atoms with E-state index in [4.69, 9.17) is 9.47 Å². The first-order chi connectivity index (χ1) is 10.3. The average molecular weight is 345 g/mol. The summed E-state index contributed by atoms with van der Waals surface area (Å²) in [6, 6.07) is 14.4. The maximum Gasteiger partial charge on any atom is 0.136 e. The Morgan fingerprint density at radius 2 is 1.33 bits per heavy atom. The van der Waals surface area contributed by atoms with Gasteiger partial charge in [-0.05, 0) is 19.9 Å². The molecule has 0 bridgehead atoms. The van der Waals surface area contributed by atoms with E-state index in [1.54, 1.807) is 0 Å². The summed E-state index contributed by atoms with van der Waals surface area (Å²) in [5.41, 5.74) is 0. The SMILES string of the molecule is CCOc1c2ccccc2c(OCC)c2c(Br)cccc12. The molecule has 21 heavy (non-hydrogen) atoms. The van der Waals surface area contributed by atoms with Crippen LogP contribution in [-0.2, 0) is 0 Å². The standard InChI is InChI=1S/C18H17BrO2/c1-3-20-17-12-8-5-6-9-13(12)18(21-4-2)16-14(17)10-7-11-15(16)19/h5-11H,3-4H2,1-2H3. The zero-order valence-electron chi connectivity index (χ0n) is 12.2. The van der Waals surface area contributed by atoms with Crippen LogP contribution in [0.25, 0.3) is 21.5 Å². The topological polar surface area (TPSA) is 18.5 Å². The molecule has 0 spiro atoms. The highest BCUT2D eigenvalue weighted by Crippen LogP contribution is 2.45. The third-order valence-corrected chi connectivity index (χ3v) is 4.14. The first-order valence-electron chi connectivity index (χ1n) is 7.16. The smallest absolute Gasteiger partial charge is 0.136 e. The van der Waals surface area contributed by atoms with Crippen LogP contribution in [0, 0.1) is 0 Å². The van der Waals surface area contributed by atoms with Crippen molar-refractivity contribution in [3.63, 3.8) is 0 Å². The highest BCUT2D eigenvalue weighted by Gasteiger charge is 2.17. The molecule has 3 aromatic rings. The minimum atomic E-state index is 0.633. The second-order valence-electron chi connectivity index (χ2n) is 4.73. The molecule has 3 rings (SSSR count). The molecule has 0 amide bonds. The molecule has 0 fully saturated rings. The molecule has 0 radical (unpaired) electrons. The summed E-state index contributed by atoms with van der Waals surface area (Å²) < 4.78 is 12.9. The number of fused-ring (bicyclic) bond motifs is 2. The highest BCUT2D eigenvalue weighted by atomic mass is 79.9. The van der Waals surface area contributed by atoms with Gasteiger partial charge in [-0.3, -0.25) is 0 Å². The predicted octanol–water partition coefficient (Wildman–Crippen LogP) is 5.55. The van der Waals surface area contributed by atoms with Gasteiger partial charge >= 0.3 is 0 Å². The van der Waals surface area contributed by atoms with E-state index in [-0.39, 0.29) is 0 Å². The average Bonchev–Trinajstić information content (AvgIpc) is 2.51. The Kier molecular flexibility index (Phi) is 4.02. The number of ether oxygens (including phenoxy) is 2. The third-order valence-electron chi connectivity index (χ3n) is 3.48. The Morgan fingerprint density at radius 1 is 0.762 bits per heavy atom. The summed E-state index contributed by atoms with van der Waals surface area (Å²) in [5, 5.41) is 4.32. The Hall–Kier alpha value is -1.74. The van der Waals surface area contributed by atoms with Gasteiger partial charge in [-0.1, -0.05) is 52.3 Å². The molecule has 3 heteroatoms. The van der Waals surface area contributed by atoms with Crippen molar-refractivity contribution in [3.05, 3.63) is 46.9 Å². The summed E-state index contributed by atoms with van der Waals surface area (Å²) >= 11 is 3.65. The van der Waals surface area contributed by atoms with Gasteiger partial charge in [0.2, 0.25) is 0 Å². The lowest BCUT2D eigenvalue weighted by atomic mass is 10.0. The zero-order valence-corrected chi connectivity index (χ0v) is 13.7. The van der Waals surface area contributed by atoms with Crippen LogP contribution < -0.4 is 9.47 Å². The van der Waals surface area contributed by atoms with Crippen LogP contribution in [0.15, 0.2) is 46.9 Å². The predicted molar refractivity (Wildman–Crippen MR) is 91.5 cm³/mol. The van der Waals surface area contributed by atoms with E-state index < -0.39 is 0 Å². The lowest BCUT2D eigenvalue weighted by molar-refractivity contribution is 0.342. The molecule has 0 saturated heterocycles. The minimum Gasteiger partial charge on any atom is -0.493 e. The lowest BCUT2D eigenvalue weighted by Gasteiger charge is -2.17. The van der Waals surface area contributed by atoms with Crippen molar-refractivity contribution >= 4 is 37.5 Å². The van der Waals surface area contributed by atoms with Crippen molar-refractivity contribution in [1.82, 2.24) is 0 Å². The van der Waals surface area contributed by atoms with E-state index in [0.717, 1.165) is 37.5 Å². The lowest BCUT2D eigenvalue weighted by Crippen LogP contribution is -1.99. The summed E-state index contributed by atoms with van der Waals surface area (Å²) in [5.74, 6) is 1.84. The molecule has 0 N–H and O–H groups in total. The van der Waals surface area contributed by atoms with Crippen LogP contribution in [0.3, 0.4) is 0 Å². The zero-order chi connectivity index (χ0) is 14.8. The van der Waals surface area contributed by atoms with Crippen LogP contribution in [0.5, 0.6) is 11.5 Å². The Bertz CT molecular complexity index is 796. The fourth-order valence-corrected chi connectivity index (χ4v) is 3.24. The number of rotatable bonds is 4. The molecule has 0 aromatic heterocycles. The van der Waals surface area contributed by atoms with Gasteiger partial charge in [0.15, 0.2) is 0 Å². The van der Waals surface area contributed by atoms with Crippen molar-refractivity contribution in [3.8, 4) is 11.5 Å². The van der Waals surface area contributed by atoms with Gasteiger partial charge in [-0.15, -0.1) is 0 Å². The van der Waals surface area contributed by atoms with Crippen LogP contribution in [0.2, 0.25) is 0 Å². The van der Waals surface area contributed by atoms with E-state index in [1.165, 1.54) is 0 Å². The van der Waals surface area contributed by atoms with Crippen LogP contribution in [0.1, 0.15) is 13.8 Å². The molecule has 0 unspecified atom stereocenters. The number of halogens is 1. The third kappa shape index (κ3) is 2.36. The first-order valence-corrected chi connectivity index (χ1v) is 7.95. The van der Waals surface area contributed by atoms with Crippen LogP contribution in [0.4, 0.5) is 0 Å². The van der Waals surface area contributed by atoms with Crippen LogP contribution >= 0.6 is 15.9 Å². The summed E-state index contributed by atoms with van der Waals surface area (Å²) in [4.78, 5) is 0. The van der Waals surface area contributed by atoms with E-state index in [2.05, 4.69) is 34.1 Å². The largest absolute Gasteiger partial charge is 0.493 e. The maximum absolute atomic E-state index is 5.96. The highest BCUT2D eigenvalue weighted by molar-refractivity contribution is 9.10. The monoisotopic (exact) mass is 344 g/mol. The van der Waals surface area contributed by atoms with Gasteiger partial charge in [0.25, 0.3) is 0 Å². The molecule has 3 aromatic carbocycles. The van der Waals surface area contributed by atoms with Crippen molar-refractivity contribution < 1.29 is 9.47 Å². The van der Waals surface area contributed by atoms with Crippen LogP contribution in [-0.4, -0.2) is 13.2 Å². The molecule has 0 aliphatic heterocycles. The van der Waals surface area contributed by atoms with Crippen molar-refractivity contribution in [2.45, 2.75) is 13.8 Å². The van der Waals surface area contributed by atoms with E-state index in [1.807, 2.05) is 38.1 Å². The normalized spacial score (nSPS) is 11.0. The Labute approximate surface area is 132 Å². The summed E-state index contributed by atoms with van der Waals surface area (Å²) in [6.07, 6.45) is 0. The van der Waals surface area contributed by atoms with E-state index >= 15 is 0 Å². The maximum atomic E-state index is 5.96. The fourth-order valence-electron chi connectivity index (χ4n) is 2.70. The van der Waals surface area contributed by atoms with Gasteiger partial charge < -0.3 is 9.47 Å². The number of hydrogen-bond donors (Lipinski definition) is 0. The van der Waals surface area contributed by atoms with E-state index in [9.17, 15) is 0 Å². The molecule has 0 atom stereocenters. The number of hydrogen-bond acceptors (Lipinski definition) is 2. The molecule has 0 aliphatic carbocycles. The first kappa shape index (κ1) is 14.2. The van der Waals surface area contributed by atoms with Gasteiger partial charge in [-0.2, -0.15) is 0 Å². The molecule has 0 saturated carbocycles. The van der Waals surface area contributed by atoms with Gasteiger partial charge in [-0.25, -0.2) is 0 Å². The van der Waals surface area contributed by atoms with Gasteiger partial charge in [0, 0.05) is 26.0 Å². The summed E-state index contributed by atoms with van der Waals surface area (Å²) in [7, 11) is 0. The second-order valence-corrected chi connectivity index (χ2v) is 5.59. The fraction of sp³-hybridized carbons (Fsp3) is 0.222. The Balaban J connectivity index is 2.53. The van der Waals surface area contributed by atoms with E-state index in [0.29, 0.717) is 13.2 Å². The van der Waals surface area contributed by atoms with Gasteiger partial charge in [0.05, 0.1) is 13.2 Å². The Morgan fingerprint density at radius 3 is 2.00 bits per heavy atom. The minimum absolute atomic E-state index is 0.633. The molecular formula is C18H17BrO2. The summed E-state index contributed by atoms with van der Waals surface area (Å²) in [6.45, 7) is 5.29. The second kappa shape index (κ2) is 5.94. The molecule has 2 nitrogen and oxygen atoms in total. The van der Waals surface area contributed by atoms with Crippen molar-refractivity contribution in [1.29, 1.82) is 0 Å². The quantitative estimate of drug-likeness (QED) is 0.577. The number of benzene rings is 3. The van der Waals surface area contributed by atoms with Crippen molar-refractivity contribution in [2.75, 3.05) is 13.2 Å².